The van der Waals surface area contributed by atoms with Crippen LogP contribution in [0.4, 0.5) is 0 Å². The molecule has 0 aromatic carbocycles. The molecule has 0 saturated carbocycles. The van der Waals surface area contributed by atoms with Gasteiger partial charge in [-0.05, 0) is 12.2 Å². The Hall–Kier alpha value is -1.44. The number of nitrogens with one attached hydrogen (secondary N) is 1. The lowest BCUT2D eigenvalue weighted by Gasteiger charge is -2.00. The minimum absolute atomic E-state index is 0.661. The van der Waals surface area contributed by atoms with Gasteiger partial charge in [-0.15, -0.1) is 0 Å². The maximum atomic E-state index is 10.3. The quantitative estimate of drug-likeness (QED) is 0.494. The molecule has 1 rings (SSSR count). The van der Waals surface area contributed by atoms with Crippen LogP contribution >= 0.6 is 0 Å². The van der Waals surface area contributed by atoms with Gasteiger partial charge in [0.25, 0.3) is 0 Å². The number of allylic oxidation sites excluding steroid dienone is 5. The average Bonchev–Trinajstić information content (AvgIpc) is 2.04. The first-order valence-electron chi connectivity index (χ1n) is 3.37. The molecule has 1 aliphatic rings. The molecule has 0 atom stereocenters. The summed E-state index contributed by atoms with van der Waals surface area (Å²) in [5, 5.41) is 0. The largest absolute Gasteiger partial charge is 0.298 e. The van der Waals surface area contributed by atoms with Gasteiger partial charge in [-0.25, -0.2) is 4.99 Å². The third-order valence-electron chi connectivity index (χ3n) is 1.53. The zero-order valence-electron chi connectivity index (χ0n) is 6.42. The van der Waals surface area contributed by atoms with E-state index in [9.17, 15) is 4.79 Å². The highest BCUT2D eigenvalue weighted by Gasteiger charge is 2.08. The molecule has 0 aliphatic heterocycles. The lowest BCUT2D eigenvalue weighted by molar-refractivity contribution is -0.418. The summed E-state index contributed by atoms with van der Waals surface area (Å²) in [4.78, 5) is 13.3. The molecule has 11 heavy (non-hydrogen) atoms. The zero-order chi connectivity index (χ0) is 8.27. The summed E-state index contributed by atoms with van der Waals surface area (Å²) in [6.45, 7) is 3.78. The van der Waals surface area contributed by atoms with E-state index in [1.54, 1.807) is 12.2 Å². The first kappa shape index (κ1) is 7.66. The van der Waals surface area contributed by atoms with E-state index in [1.165, 1.54) is 0 Å². The van der Waals surface area contributed by atoms with Crippen molar-refractivity contribution >= 4 is 12.0 Å². The molecule has 0 spiro atoms. The fourth-order valence-corrected chi connectivity index (χ4v) is 0.931. The summed E-state index contributed by atoms with van der Waals surface area (Å²) in [5.41, 5.74) is 2.46. The normalized spacial score (nSPS) is 20.3. The topological polar surface area (TPSA) is 31.0 Å². The van der Waals surface area contributed by atoms with Crippen LogP contribution in [0.25, 0.3) is 0 Å². The maximum absolute atomic E-state index is 10.3. The highest BCUT2D eigenvalue weighted by atomic mass is 16.1. The fourth-order valence-electron chi connectivity index (χ4n) is 0.931. The number of carbonyl (C=O) groups is 1. The number of aldehydes is 1. The molecule has 0 fully saturated rings. The van der Waals surface area contributed by atoms with Crippen LogP contribution in [0.15, 0.2) is 36.0 Å². The molecule has 0 unspecified atom stereocenters. The summed E-state index contributed by atoms with van der Waals surface area (Å²) in [7, 11) is 1.82. The third-order valence-corrected chi connectivity index (χ3v) is 1.53. The summed E-state index contributed by atoms with van der Waals surface area (Å²) < 4.78 is 0. The van der Waals surface area contributed by atoms with Gasteiger partial charge in [0.2, 0.25) is 5.71 Å². The van der Waals surface area contributed by atoms with Gasteiger partial charge in [-0.3, -0.25) is 4.79 Å². The van der Waals surface area contributed by atoms with E-state index in [0.29, 0.717) is 5.57 Å². The highest BCUT2D eigenvalue weighted by Crippen LogP contribution is 2.07. The van der Waals surface area contributed by atoms with Gasteiger partial charge >= 0.3 is 0 Å². The second kappa shape index (κ2) is 3.10. The van der Waals surface area contributed by atoms with Crippen molar-refractivity contribution < 1.29 is 9.79 Å². The van der Waals surface area contributed by atoms with Crippen LogP contribution in [0.2, 0.25) is 0 Å². The minimum atomic E-state index is 0.661. The Bertz CT molecular complexity index is 282. The van der Waals surface area contributed by atoms with E-state index < -0.39 is 0 Å². The molecular weight excluding hydrogens is 138 g/mol. The van der Waals surface area contributed by atoms with Crippen molar-refractivity contribution in [2.24, 2.45) is 0 Å². The van der Waals surface area contributed by atoms with Crippen LogP contribution in [-0.4, -0.2) is 19.0 Å². The van der Waals surface area contributed by atoms with Crippen molar-refractivity contribution in [3.05, 3.63) is 36.0 Å². The smallest absolute Gasteiger partial charge is 0.204 e. The monoisotopic (exact) mass is 148 g/mol. The summed E-state index contributed by atoms with van der Waals surface area (Å²) in [6, 6.07) is 0. The van der Waals surface area contributed by atoms with Gasteiger partial charge in [0.15, 0.2) is 0 Å². The van der Waals surface area contributed by atoms with Crippen LogP contribution in [0.3, 0.4) is 0 Å². The van der Waals surface area contributed by atoms with Gasteiger partial charge in [0, 0.05) is 17.2 Å². The Morgan fingerprint density at radius 2 is 2.27 bits per heavy atom. The lowest BCUT2D eigenvalue weighted by Crippen LogP contribution is -2.67. The van der Waals surface area contributed by atoms with Crippen molar-refractivity contribution in [3.8, 4) is 0 Å². The molecule has 0 amide bonds. The fraction of sp³-hybridized carbons (Fsp3) is 0.111. The Kier molecular flexibility index (Phi) is 2.16. The van der Waals surface area contributed by atoms with Gasteiger partial charge in [0.1, 0.15) is 13.3 Å². The molecule has 1 N–H and O–H groups in total. The molecule has 0 heterocycles. The Morgan fingerprint density at radius 1 is 1.55 bits per heavy atom. The second-order valence-corrected chi connectivity index (χ2v) is 2.28. The van der Waals surface area contributed by atoms with Gasteiger partial charge < -0.3 is 0 Å². The molecule has 0 saturated heterocycles. The van der Waals surface area contributed by atoms with Crippen LogP contribution in [0, 0.1) is 0 Å². The molecule has 2 heteroatoms. The molecule has 0 radical (unpaired) electrons. The van der Waals surface area contributed by atoms with E-state index in [4.69, 9.17) is 0 Å². The second-order valence-electron chi connectivity index (χ2n) is 2.28. The number of rotatable bonds is 1. The van der Waals surface area contributed by atoms with Crippen LogP contribution < -0.4 is 4.99 Å². The molecule has 0 aromatic heterocycles. The summed E-state index contributed by atoms with van der Waals surface area (Å²) in [5.74, 6) is 0. The number of carbonyl (C=O) groups excluding carboxylic acids is 1. The first-order chi connectivity index (χ1) is 5.27. The van der Waals surface area contributed by atoms with Crippen molar-refractivity contribution in [3.63, 3.8) is 0 Å². The van der Waals surface area contributed by atoms with E-state index in [2.05, 4.69) is 11.6 Å². The molecule has 56 valence electrons. The van der Waals surface area contributed by atoms with Crippen molar-refractivity contribution in [2.75, 3.05) is 7.05 Å². The predicted molar refractivity (Wildman–Crippen MR) is 44.3 cm³/mol. The Labute approximate surface area is 65.6 Å². The lowest BCUT2D eigenvalue weighted by atomic mass is 10.0. The minimum Gasteiger partial charge on any atom is -0.298 e. The van der Waals surface area contributed by atoms with Crippen LogP contribution in [-0.2, 0) is 4.79 Å². The average molecular weight is 148 g/mol. The molecule has 1 aliphatic carbocycles. The van der Waals surface area contributed by atoms with Gasteiger partial charge in [-0.2, -0.15) is 0 Å². The van der Waals surface area contributed by atoms with Gasteiger partial charge in [-0.1, -0.05) is 6.58 Å². The summed E-state index contributed by atoms with van der Waals surface area (Å²) in [6.07, 6.45) is 6.16. The van der Waals surface area contributed by atoms with Crippen molar-refractivity contribution in [1.29, 1.82) is 0 Å². The molecule has 2 nitrogen and oxygen atoms in total. The van der Waals surface area contributed by atoms with Gasteiger partial charge in [0.05, 0.1) is 0 Å². The summed E-state index contributed by atoms with van der Waals surface area (Å²) >= 11 is 0. The number of hydrogen-bond acceptors (Lipinski definition) is 1. The van der Waals surface area contributed by atoms with Crippen LogP contribution in [0.1, 0.15) is 0 Å². The van der Waals surface area contributed by atoms with E-state index in [0.717, 1.165) is 17.6 Å². The number of hydrogen-bond donors (Lipinski definition) is 1. The molecular formula is C9H10NO+. The highest BCUT2D eigenvalue weighted by molar-refractivity contribution is 6.09. The molecule has 0 bridgehead atoms. The first-order valence-corrected chi connectivity index (χ1v) is 3.37. The standard InChI is InChI=1S/C9H9NO/c1-7-5-8(6-11)3-4-9(7)10-2/h3-6H,1H2,2H3/p+1. The van der Waals surface area contributed by atoms with E-state index in [-0.39, 0.29) is 0 Å². The molecule has 0 aromatic rings. The predicted octanol–water partition coefficient (Wildman–Crippen LogP) is -0.611. The van der Waals surface area contributed by atoms with E-state index >= 15 is 0 Å². The maximum Gasteiger partial charge on any atom is 0.204 e. The third kappa shape index (κ3) is 1.52. The van der Waals surface area contributed by atoms with Crippen molar-refractivity contribution in [1.82, 2.24) is 0 Å². The SMILES string of the molecule is C=C1C=C(C=O)C=CC1=[NH+]C. The van der Waals surface area contributed by atoms with Crippen molar-refractivity contribution in [2.45, 2.75) is 0 Å². The van der Waals surface area contributed by atoms with Crippen LogP contribution in [0.5, 0.6) is 0 Å². The Morgan fingerprint density at radius 3 is 2.73 bits per heavy atom. The zero-order valence-corrected chi connectivity index (χ0v) is 6.42. The Balaban J connectivity index is 2.97. The van der Waals surface area contributed by atoms with E-state index in [1.807, 2.05) is 13.1 Å².